The van der Waals surface area contributed by atoms with Crippen LogP contribution in [0, 0.1) is 0 Å². The number of aromatic carboxylic acids is 1. The second-order valence-corrected chi connectivity index (χ2v) is 7.44. The van der Waals surface area contributed by atoms with Crippen LogP contribution < -0.4 is 0 Å². The fraction of sp³-hybridized carbons (Fsp3) is 0.211. The van der Waals surface area contributed by atoms with E-state index in [1.165, 1.54) is 74.9 Å². The van der Waals surface area contributed by atoms with Crippen LogP contribution in [-0.2, 0) is 9.47 Å². The monoisotopic (exact) mass is 526 g/mol. The summed E-state index contributed by atoms with van der Waals surface area (Å²) in [5, 5.41) is 10.2. The first kappa shape index (κ1) is 28.7. The highest BCUT2D eigenvalue weighted by Gasteiger charge is 2.07. The molecular formula is C19H19ClN6O6S2. The Bertz CT molecular complexity index is 1070. The molecule has 15 heteroatoms. The molecule has 0 radical (unpaired) electrons. The Kier molecular flexibility index (Phi) is 13.0. The van der Waals surface area contributed by atoms with Crippen molar-refractivity contribution in [2.75, 3.05) is 26.7 Å². The molecule has 0 unspecified atom stereocenters. The SMILES string of the molecule is COC(=O)c1cnc(Cl)cn1.COC(=O)c1cnc(SC)cn1.CSc1cnc(C(=O)O)cn1. The first-order valence-electron chi connectivity index (χ1n) is 8.85. The zero-order chi connectivity index (χ0) is 25.5. The number of ether oxygens (including phenoxy) is 2. The van der Waals surface area contributed by atoms with Gasteiger partial charge in [0.15, 0.2) is 17.1 Å². The second kappa shape index (κ2) is 15.5. The van der Waals surface area contributed by atoms with Crippen LogP contribution in [0.4, 0.5) is 0 Å². The van der Waals surface area contributed by atoms with E-state index in [1.54, 1.807) is 0 Å². The van der Waals surface area contributed by atoms with Crippen molar-refractivity contribution < 1.29 is 29.0 Å². The van der Waals surface area contributed by atoms with Gasteiger partial charge in [-0.05, 0) is 12.5 Å². The van der Waals surface area contributed by atoms with Crippen molar-refractivity contribution in [3.05, 3.63) is 59.4 Å². The number of carbonyl (C=O) groups is 3. The summed E-state index contributed by atoms with van der Waals surface area (Å²) in [5.41, 5.74) is 0.356. The first-order valence-corrected chi connectivity index (χ1v) is 11.7. The van der Waals surface area contributed by atoms with Crippen molar-refractivity contribution in [1.82, 2.24) is 29.9 Å². The summed E-state index contributed by atoms with van der Waals surface area (Å²) in [7, 11) is 2.59. The molecule has 3 heterocycles. The molecule has 3 aromatic rings. The Morgan fingerprint density at radius 1 is 0.706 bits per heavy atom. The molecule has 0 saturated heterocycles. The Balaban J connectivity index is 0.000000255. The average Bonchev–Trinajstić information content (AvgIpc) is 2.89. The molecule has 3 aromatic heterocycles. The molecule has 3 rings (SSSR count). The number of methoxy groups -OCH3 is 2. The maximum atomic E-state index is 10.9. The number of carboxylic acid groups (broad SMARTS) is 1. The summed E-state index contributed by atoms with van der Waals surface area (Å²) < 4.78 is 8.85. The zero-order valence-corrected chi connectivity index (χ0v) is 20.7. The van der Waals surface area contributed by atoms with E-state index in [1.807, 2.05) is 12.5 Å². The molecule has 0 atom stereocenters. The molecule has 34 heavy (non-hydrogen) atoms. The Labute approximate surface area is 207 Å². The number of carboxylic acids is 1. The third-order valence-electron chi connectivity index (χ3n) is 3.30. The molecule has 0 amide bonds. The molecule has 0 bridgehead atoms. The van der Waals surface area contributed by atoms with Crippen molar-refractivity contribution >= 4 is 53.0 Å². The van der Waals surface area contributed by atoms with Crippen LogP contribution >= 0.6 is 35.1 Å². The molecule has 0 aromatic carbocycles. The van der Waals surface area contributed by atoms with Crippen LogP contribution in [0.5, 0.6) is 0 Å². The lowest BCUT2D eigenvalue weighted by Crippen LogP contribution is -2.04. The summed E-state index contributed by atoms with van der Waals surface area (Å²) in [4.78, 5) is 54.6. The summed E-state index contributed by atoms with van der Waals surface area (Å²) in [6, 6.07) is 0. The molecule has 0 aliphatic rings. The van der Waals surface area contributed by atoms with Crippen molar-refractivity contribution in [2.45, 2.75) is 10.1 Å². The van der Waals surface area contributed by atoms with Gasteiger partial charge in [0.1, 0.15) is 15.2 Å². The number of halogens is 1. The van der Waals surface area contributed by atoms with Gasteiger partial charge in [0.05, 0.1) is 51.4 Å². The van der Waals surface area contributed by atoms with Gasteiger partial charge in [-0.15, -0.1) is 23.5 Å². The molecule has 0 fully saturated rings. The van der Waals surface area contributed by atoms with E-state index >= 15 is 0 Å². The Morgan fingerprint density at radius 3 is 1.41 bits per heavy atom. The van der Waals surface area contributed by atoms with Crippen LogP contribution in [0.1, 0.15) is 31.5 Å². The van der Waals surface area contributed by atoms with Crippen LogP contribution in [0.3, 0.4) is 0 Å². The highest BCUT2D eigenvalue weighted by molar-refractivity contribution is 7.98. The summed E-state index contributed by atoms with van der Waals surface area (Å²) in [6.07, 6.45) is 11.9. The third kappa shape index (κ3) is 10.1. The molecule has 1 N–H and O–H groups in total. The lowest BCUT2D eigenvalue weighted by atomic mass is 10.5. The first-order chi connectivity index (χ1) is 16.2. The number of nitrogens with zero attached hydrogens (tertiary/aromatic N) is 6. The lowest BCUT2D eigenvalue weighted by molar-refractivity contribution is 0.0584. The maximum absolute atomic E-state index is 10.9. The van der Waals surface area contributed by atoms with Crippen LogP contribution in [0.15, 0.2) is 47.2 Å². The van der Waals surface area contributed by atoms with E-state index in [9.17, 15) is 14.4 Å². The normalized spacial score (nSPS) is 9.44. The van der Waals surface area contributed by atoms with Gasteiger partial charge >= 0.3 is 17.9 Å². The summed E-state index contributed by atoms with van der Waals surface area (Å²) >= 11 is 8.33. The standard InChI is InChI=1S/C7H8N2O2S.C6H5ClN2O2.C6H6N2O2S/c1-11-7(10)5-3-9-6(12-2)4-8-5;1-11-6(10)4-2-9-5(7)3-8-4;1-11-5-3-7-4(2-8-5)6(9)10/h3-4H,1-2H3;2-3H,1H3;2-3H,1H3,(H,9,10). The number of esters is 2. The summed E-state index contributed by atoms with van der Waals surface area (Å²) in [5.74, 6) is -2.03. The average molecular weight is 527 g/mol. The van der Waals surface area contributed by atoms with E-state index in [4.69, 9.17) is 16.7 Å². The van der Waals surface area contributed by atoms with Crippen LogP contribution in [0.25, 0.3) is 0 Å². The van der Waals surface area contributed by atoms with Gasteiger partial charge in [-0.1, -0.05) is 11.6 Å². The smallest absolute Gasteiger partial charge is 0.358 e. The molecule has 0 aliphatic heterocycles. The van der Waals surface area contributed by atoms with E-state index in [2.05, 4.69) is 39.4 Å². The quantitative estimate of drug-likeness (QED) is 0.380. The van der Waals surface area contributed by atoms with Crippen LogP contribution in [-0.4, -0.2) is 79.6 Å². The van der Waals surface area contributed by atoms with Crippen molar-refractivity contribution in [3.8, 4) is 0 Å². The largest absolute Gasteiger partial charge is 0.476 e. The van der Waals surface area contributed by atoms with Gasteiger partial charge in [-0.25, -0.2) is 44.3 Å². The molecule has 0 saturated carbocycles. The number of hydrogen-bond donors (Lipinski definition) is 1. The van der Waals surface area contributed by atoms with Crippen molar-refractivity contribution in [3.63, 3.8) is 0 Å². The molecule has 12 nitrogen and oxygen atoms in total. The van der Waals surface area contributed by atoms with Gasteiger partial charge in [0, 0.05) is 0 Å². The van der Waals surface area contributed by atoms with Gasteiger partial charge < -0.3 is 14.6 Å². The maximum Gasteiger partial charge on any atom is 0.358 e. The van der Waals surface area contributed by atoms with Crippen LogP contribution in [0.2, 0.25) is 5.15 Å². The minimum atomic E-state index is -1.05. The topological polar surface area (TPSA) is 167 Å². The molecule has 0 spiro atoms. The zero-order valence-electron chi connectivity index (χ0n) is 18.3. The lowest BCUT2D eigenvalue weighted by Gasteiger charge is -1.97. The third-order valence-corrected chi connectivity index (χ3v) is 4.76. The highest BCUT2D eigenvalue weighted by Crippen LogP contribution is 2.09. The summed E-state index contributed by atoms with van der Waals surface area (Å²) in [6.45, 7) is 0. The minimum absolute atomic E-state index is 0.0252. The van der Waals surface area contributed by atoms with Gasteiger partial charge in [0.25, 0.3) is 0 Å². The van der Waals surface area contributed by atoms with Gasteiger partial charge in [-0.3, -0.25) is 0 Å². The minimum Gasteiger partial charge on any atom is -0.476 e. The number of rotatable bonds is 5. The molecule has 180 valence electrons. The van der Waals surface area contributed by atoms with Crippen molar-refractivity contribution in [1.29, 1.82) is 0 Å². The van der Waals surface area contributed by atoms with E-state index in [0.29, 0.717) is 0 Å². The molecule has 0 aliphatic carbocycles. The number of carbonyl (C=O) groups excluding carboxylic acids is 2. The number of hydrogen-bond acceptors (Lipinski definition) is 13. The molecular weight excluding hydrogens is 508 g/mol. The Morgan fingerprint density at radius 2 is 1.12 bits per heavy atom. The van der Waals surface area contributed by atoms with Gasteiger partial charge in [-0.2, -0.15) is 0 Å². The predicted molar refractivity (Wildman–Crippen MR) is 124 cm³/mol. The predicted octanol–water partition coefficient (Wildman–Crippen LogP) is 2.80. The number of thioether (sulfide) groups is 2. The van der Waals surface area contributed by atoms with Gasteiger partial charge in [0.2, 0.25) is 0 Å². The fourth-order valence-electron chi connectivity index (χ4n) is 1.69. The van der Waals surface area contributed by atoms with E-state index < -0.39 is 17.9 Å². The fourth-order valence-corrected chi connectivity index (χ4v) is 2.42. The second-order valence-electron chi connectivity index (χ2n) is 5.40. The Hall–Kier alpha value is -3.36. The van der Waals surface area contributed by atoms with E-state index in [0.717, 1.165) is 10.1 Å². The number of aromatic nitrogens is 6. The van der Waals surface area contributed by atoms with Crippen molar-refractivity contribution in [2.24, 2.45) is 0 Å². The van der Waals surface area contributed by atoms with E-state index in [-0.39, 0.29) is 22.2 Å². The highest BCUT2D eigenvalue weighted by atomic mass is 35.5.